The van der Waals surface area contributed by atoms with Crippen LogP contribution in [0.15, 0.2) is 36.4 Å². The van der Waals surface area contributed by atoms with Crippen LogP contribution < -0.4 is 5.73 Å². The molecule has 4 nitrogen and oxygen atoms in total. The van der Waals surface area contributed by atoms with Gasteiger partial charge in [-0.05, 0) is 35.9 Å². The Morgan fingerprint density at radius 3 is 2.29 bits per heavy atom. The van der Waals surface area contributed by atoms with Crippen LogP contribution in [0.1, 0.15) is 11.1 Å². The number of phenolic OH excluding ortho intramolecular Hbond substituents is 3. The van der Waals surface area contributed by atoms with Gasteiger partial charge in [-0.3, -0.25) is 0 Å². The second kappa shape index (κ2) is 4.25. The first-order chi connectivity index (χ1) is 8.06. The zero-order chi connectivity index (χ0) is 12.4. The highest BCUT2D eigenvalue weighted by atomic mass is 16.3. The molecule has 0 aliphatic carbocycles. The number of phenols is 3. The molecule has 2 aromatic carbocycles. The number of anilines is 1. The Morgan fingerprint density at radius 2 is 1.59 bits per heavy atom. The van der Waals surface area contributed by atoms with Gasteiger partial charge >= 0.3 is 0 Å². The Balaban J connectivity index is 2.31. The van der Waals surface area contributed by atoms with Crippen molar-refractivity contribution in [2.45, 2.75) is 6.42 Å². The van der Waals surface area contributed by atoms with Crippen molar-refractivity contribution < 1.29 is 15.3 Å². The Hall–Kier alpha value is -2.36. The van der Waals surface area contributed by atoms with E-state index in [1.165, 1.54) is 24.3 Å². The van der Waals surface area contributed by atoms with Gasteiger partial charge < -0.3 is 21.1 Å². The molecular formula is C13H13NO3. The van der Waals surface area contributed by atoms with E-state index >= 15 is 0 Å². The maximum Gasteiger partial charge on any atom is 0.138 e. The summed E-state index contributed by atoms with van der Waals surface area (Å²) in [5.74, 6) is 0.257. The fraction of sp³-hybridized carbons (Fsp3) is 0.0769. The second-order valence-corrected chi connectivity index (χ2v) is 3.88. The highest BCUT2D eigenvalue weighted by Gasteiger charge is 2.05. The zero-order valence-corrected chi connectivity index (χ0v) is 9.09. The summed E-state index contributed by atoms with van der Waals surface area (Å²) in [5, 5.41) is 28.3. The number of nitrogen functional groups attached to an aromatic ring is 1. The minimum absolute atomic E-state index is 0.0360. The molecule has 0 radical (unpaired) electrons. The fourth-order valence-corrected chi connectivity index (χ4v) is 1.65. The molecule has 0 amide bonds. The van der Waals surface area contributed by atoms with E-state index in [0.717, 1.165) is 5.56 Å². The predicted molar refractivity (Wildman–Crippen MR) is 65.1 cm³/mol. The molecule has 4 heteroatoms. The third kappa shape index (κ3) is 2.42. The van der Waals surface area contributed by atoms with Gasteiger partial charge in [0.2, 0.25) is 0 Å². The molecule has 2 rings (SSSR count). The lowest BCUT2D eigenvalue weighted by Crippen LogP contribution is -1.92. The lowest BCUT2D eigenvalue weighted by atomic mass is 10.0. The van der Waals surface area contributed by atoms with E-state index in [1.54, 1.807) is 12.1 Å². The SMILES string of the molecule is Nc1cc(Cc2cc(O)ccc2O)ccc1O. The van der Waals surface area contributed by atoms with Gasteiger partial charge in [-0.2, -0.15) is 0 Å². The summed E-state index contributed by atoms with van der Waals surface area (Å²) in [4.78, 5) is 0. The number of benzene rings is 2. The van der Waals surface area contributed by atoms with Crippen LogP contribution in [0.5, 0.6) is 17.2 Å². The van der Waals surface area contributed by atoms with Crippen molar-refractivity contribution in [2.24, 2.45) is 0 Å². The second-order valence-electron chi connectivity index (χ2n) is 3.88. The van der Waals surface area contributed by atoms with Crippen molar-refractivity contribution in [1.82, 2.24) is 0 Å². The Bertz CT molecular complexity index is 552. The summed E-state index contributed by atoms with van der Waals surface area (Å²) >= 11 is 0. The van der Waals surface area contributed by atoms with Gasteiger partial charge in [0.15, 0.2) is 0 Å². The molecule has 0 fully saturated rings. The number of hydrogen-bond donors (Lipinski definition) is 4. The monoisotopic (exact) mass is 231 g/mol. The zero-order valence-electron chi connectivity index (χ0n) is 9.09. The summed E-state index contributed by atoms with van der Waals surface area (Å²) in [6.45, 7) is 0. The molecule has 0 saturated carbocycles. The van der Waals surface area contributed by atoms with Gasteiger partial charge in [0.05, 0.1) is 5.69 Å². The van der Waals surface area contributed by atoms with Crippen LogP contribution in [-0.2, 0) is 6.42 Å². The number of rotatable bonds is 2. The molecule has 17 heavy (non-hydrogen) atoms. The van der Waals surface area contributed by atoms with E-state index in [1.807, 2.05) is 0 Å². The van der Waals surface area contributed by atoms with Crippen molar-refractivity contribution in [1.29, 1.82) is 0 Å². The lowest BCUT2D eigenvalue weighted by molar-refractivity contribution is 0.455. The molecule has 0 aromatic heterocycles. The molecule has 88 valence electrons. The van der Waals surface area contributed by atoms with Crippen molar-refractivity contribution in [3.8, 4) is 17.2 Å². The standard InChI is InChI=1S/C13H13NO3/c14-11-6-8(1-3-13(11)17)5-9-7-10(15)2-4-12(9)16/h1-4,6-7,15-17H,5,14H2. The smallest absolute Gasteiger partial charge is 0.138 e. The van der Waals surface area contributed by atoms with E-state index in [9.17, 15) is 15.3 Å². The van der Waals surface area contributed by atoms with Gasteiger partial charge in [-0.25, -0.2) is 0 Å². The molecule has 0 spiro atoms. The van der Waals surface area contributed by atoms with Crippen molar-refractivity contribution in [3.63, 3.8) is 0 Å². The van der Waals surface area contributed by atoms with Gasteiger partial charge in [-0.15, -0.1) is 0 Å². The molecule has 0 aliphatic heterocycles. The normalized spacial score (nSPS) is 10.4. The average molecular weight is 231 g/mol. The third-order valence-corrected chi connectivity index (χ3v) is 2.55. The molecular weight excluding hydrogens is 218 g/mol. The van der Waals surface area contributed by atoms with Gasteiger partial charge in [0.1, 0.15) is 17.2 Å². The number of hydrogen-bond acceptors (Lipinski definition) is 4. The fourth-order valence-electron chi connectivity index (χ4n) is 1.65. The minimum atomic E-state index is 0.0360. The summed E-state index contributed by atoms with van der Waals surface area (Å²) in [6, 6.07) is 9.22. The highest BCUT2D eigenvalue weighted by molar-refractivity contribution is 5.54. The molecule has 2 aromatic rings. The summed E-state index contributed by atoms with van der Waals surface area (Å²) in [6.07, 6.45) is 0.435. The molecule has 0 atom stereocenters. The van der Waals surface area contributed by atoms with E-state index in [4.69, 9.17) is 5.73 Å². The molecule has 0 aliphatic rings. The van der Waals surface area contributed by atoms with Gasteiger partial charge in [0, 0.05) is 12.0 Å². The minimum Gasteiger partial charge on any atom is -0.508 e. The van der Waals surface area contributed by atoms with Crippen molar-refractivity contribution >= 4 is 5.69 Å². The number of aromatic hydroxyl groups is 3. The van der Waals surface area contributed by atoms with Crippen LogP contribution in [-0.4, -0.2) is 15.3 Å². The van der Waals surface area contributed by atoms with Crippen LogP contribution in [0.25, 0.3) is 0 Å². The predicted octanol–water partition coefficient (Wildman–Crippen LogP) is 1.98. The van der Waals surface area contributed by atoms with E-state index in [0.29, 0.717) is 17.7 Å². The first kappa shape index (κ1) is 11.1. The molecule has 0 heterocycles. The maximum absolute atomic E-state index is 9.63. The van der Waals surface area contributed by atoms with Gasteiger partial charge in [0.25, 0.3) is 0 Å². The summed E-state index contributed by atoms with van der Waals surface area (Å²) in [7, 11) is 0. The Kier molecular flexibility index (Phi) is 2.78. The van der Waals surface area contributed by atoms with Crippen molar-refractivity contribution in [2.75, 3.05) is 5.73 Å². The summed E-state index contributed by atoms with van der Waals surface area (Å²) < 4.78 is 0. The quantitative estimate of drug-likeness (QED) is 0.361. The van der Waals surface area contributed by atoms with Crippen LogP contribution in [0.2, 0.25) is 0 Å². The summed E-state index contributed by atoms with van der Waals surface area (Å²) in [5.41, 5.74) is 7.33. The topological polar surface area (TPSA) is 86.7 Å². The van der Waals surface area contributed by atoms with Crippen LogP contribution >= 0.6 is 0 Å². The van der Waals surface area contributed by atoms with Crippen LogP contribution in [0.4, 0.5) is 5.69 Å². The first-order valence-corrected chi connectivity index (χ1v) is 5.14. The van der Waals surface area contributed by atoms with Crippen molar-refractivity contribution in [3.05, 3.63) is 47.5 Å². The lowest BCUT2D eigenvalue weighted by Gasteiger charge is -2.07. The third-order valence-electron chi connectivity index (χ3n) is 2.55. The molecule has 0 saturated heterocycles. The van der Waals surface area contributed by atoms with Crippen LogP contribution in [0, 0.1) is 0 Å². The van der Waals surface area contributed by atoms with E-state index < -0.39 is 0 Å². The van der Waals surface area contributed by atoms with E-state index in [-0.39, 0.29) is 17.2 Å². The largest absolute Gasteiger partial charge is 0.508 e. The average Bonchev–Trinajstić information content (AvgIpc) is 2.29. The van der Waals surface area contributed by atoms with Crippen LogP contribution in [0.3, 0.4) is 0 Å². The molecule has 0 unspecified atom stereocenters. The Labute approximate surface area is 98.6 Å². The maximum atomic E-state index is 9.63. The first-order valence-electron chi connectivity index (χ1n) is 5.14. The Morgan fingerprint density at radius 1 is 0.882 bits per heavy atom. The number of nitrogens with two attached hydrogens (primary N) is 1. The highest BCUT2D eigenvalue weighted by Crippen LogP contribution is 2.27. The van der Waals surface area contributed by atoms with Gasteiger partial charge in [-0.1, -0.05) is 6.07 Å². The van der Waals surface area contributed by atoms with E-state index in [2.05, 4.69) is 0 Å². The molecule has 5 N–H and O–H groups in total. The molecule has 0 bridgehead atoms.